The molecule has 7 nitrogen and oxygen atoms in total. The molecule has 0 radical (unpaired) electrons. The summed E-state index contributed by atoms with van der Waals surface area (Å²) in [5.41, 5.74) is 4.82. The van der Waals surface area contributed by atoms with Gasteiger partial charge in [-0.3, -0.25) is 4.79 Å². The second kappa shape index (κ2) is 8.79. The summed E-state index contributed by atoms with van der Waals surface area (Å²) in [6.45, 7) is 10.1. The molecular formula is C22H26N4O3S. The molecular weight excluding hydrogens is 400 g/mol. The number of hydrogen-bond donors (Lipinski definition) is 1. The molecule has 158 valence electrons. The van der Waals surface area contributed by atoms with Gasteiger partial charge in [0.25, 0.3) is 0 Å². The van der Waals surface area contributed by atoms with E-state index in [4.69, 9.17) is 4.74 Å². The average molecular weight is 427 g/mol. The number of nitrogens with zero attached hydrogens (tertiary/aromatic N) is 3. The fourth-order valence-corrected chi connectivity index (χ4v) is 4.62. The van der Waals surface area contributed by atoms with Crippen LogP contribution in [-0.4, -0.2) is 42.0 Å². The normalized spacial score (nSPS) is 10.9. The van der Waals surface area contributed by atoms with Crippen molar-refractivity contribution in [3.8, 4) is 0 Å². The van der Waals surface area contributed by atoms with Gasteiger partial charge in [-0.1, -0.05) is 17.7 Å². The predicted octanol–water partition coefficient (Wildman–Crippen LogP) is 4.18. The van der Waals surface area contributed by atoms with E-state index >= 15 is 0 Å². The van der Waals surface area contributed by atoms with Gasteiger partial charge in [-0.15, -0.1) is 11.3 Å². The lowest BCUT2D eigenvalue weighted by Gasteiger charge is -2.20. The summed E-state index contributed by atoms with van der Waals surface area (Å²) in [6, 6.07) is 4.10. The zero-order valence-corrected chi connectivity index (χ0v) is 18.9. The van der Waals surface area contributed by atoms with E-state index in [9.17, 15) is 9.59 Å². The number of nitrogens with one attached hydrogen (secondary N) is 1. The SMILES string of the molecule is CCOC(=O)c1sc2ncnc(N(C)CC(=O)Nc3c(C)cc(C)cc3C)c2c1C. The van der Waals surface area contributed by atoms with Crippen molar-refractivity contribution in [3.63, 3.8) is 0 Å². The average Bonchev–Trinajstić information content (AvgIpc) is 3.02. The molecule has 1 aromatic carbocycles. The molecule has 0 atom stereocenters. The number of thiophene rings is 1. The molecule has 0 unspecified atom stereocenters. The van der Waals surface area contributed by atoms with Crippen LogP contribution in [0.25, 0.3) is 10.2 Å². The number of rotatable bonds is 6. The van der Waals surface area contributed by atoms with Crippen molar-refractivity contribution < 1.29 is 14.3 Å². The number of aryl methyl sites for hydroxylation is 4. The quantitative estimate of drug-likeness (QED) is 0.596. The molecule has 0 spiro atoms. The Morgan fingerprint density at radius 2 is 1.80 bits per heavy atom. The van der Waals surface area contributed by atoms with Crippen molar-refractivity contribution >= 4 is 44.9 Å². The summed E-state index contributed by atoms with van der Waals surface area (Å²) < 4.78 is 5.15. The summed E-state index contributed by atoms with van der Waals surface area (Å²) in [7, 11) is 1.80. The van der Waals surface area contributed by atoms with Crippen molar-refractivity contribution in [3.05, 3.63) is 45.6 Å². The number of hydrogen-bond acceptors (Lipinski definition) is 7. The Kier molecular flexibility index (Phi) is 6.36. The minimum absolute atomic E-state index is 0.114. The number of esters is 1. The molecule has 0 saturated carbocycles. The fraction of sp³-hybridized carbons (Fsp3) is 0.364. The molecule has 2 aromatic heterocycles. The van der Waals surface area contributed by atoms with Gasteiger partial charge < -0.3 is 15.0 Å². The van der Waals surface area contributed by atoms with Crippen LogP contribution in [0.5, 0.6) is 0 Å². The highest BCUT2D eigenvalue weighted by atomic mass is 32.1. The van der Waals surface area contributed by atoms with Gasteiger partial charge in [0.05, 0.1) is 18.5 Å². The second-order valence-electron chi connectivity index (χ2n) is 7.33. The van der Waals surface area contributed by atoms with Crippen molar-refractivity contribution in [2.24, 2.45) is 0 Å². The van der Waals surface area contributed by atoms with Gasteiger partial charge in [0, 0.05) is 12.7 Å². The maximum atomic E-state index is 12.7. The fourth-order valence-electron chi connectivity index (χ4n) is 3.58. The van der Waals surface area contributed by atoms with Gasteiger partial charge in [0.15, 0.2) is 0 Å². The largest absolute Gasteiger partial charge is 0.462 e. The number of aromatic nitrogens is 2. The first-order valence-corrected chi connectivity index (χ1v) is 10.5. The molecule has 0 aliphatic rings. The summed E-state index contributed by atoms with van der Waals surface area (Å²) in [5, 5.41) is 3.78. The third kappa shape index (κ3) is 4.28. The highest BCUT2D eigenvalue weighted by Crippen LogP contribution is 2.35. The van der Waals surface area contributed by atoms with E-state index in [2.05, 4.69) is 15.3 Å². The van der Waals surface area contributed by atoms with E-state index in [1.54, 1.807) is 18.9 Å². The van der Waals surface area contributed by atoms with Gasteiger partial charge in [0.2, 0.25) is 5.91 Å². The molecule has 0 aliphatic heterocycles. The number of fused-ring (bicyclic) bond motifs is 1. The lowest BCUT2D eigenvalue weighted by atomic mass is 10.1. The molecule has 30 heavy (non-hydrogen) atoms. The van der Waals surface area contributed by atoms with Crippen LogP contribution in [0.4, 0.5) is 11.5 Å². The predicted molar refractivity (Wildman–Crippen MR) is 121 cm³/mol. The Morgan fingerprint density at radius 3 is 2.43 bits per heavy atom. The van der Waals surface area contributed by atoms with Crippen LogP contribution in [0.2, 0.25) is 0 Å². The van der Waals surface area contributed by atoms with E-state index in [1.165, 1.54) is 17.7 Å². The van der Waals surface area contributed by atoms with Crippen LogP contribution >= 0.6 is 11.3 Å². The zero-order chi connectivity index (χ0) is 22.0. The number of likely N-dealkylation sites (N-methyl/N-ethyl adjacent to an activating group) is 1. The standard InChI is InChI=1S/C22H26N4O3S/c1-7-29-22(28)19-15(5)17-20(23-11-24-21(17)30-19)26(6)10-16(27)25-18-13(3)8-12(2)9-14(18)4/h8-9,11H,7,10H2,1-6H3,(H,25,27). The molecule has 1 N–H and O–H groups in total. The maximum absolute atomic E-state index is 12.7. The molecule has 3 rings (SSSR count). The van der Waals surface area contributed by atoms with Gasteiger partial charge in [-0.25, -0.2) is 14.8 Å². The maximum Gasteiger partial charge on any atom is 0.348 e. The summed E-state index contributed by atoms with van der Waals surface area (Å²) in [6.07, 6.45) is 1.45. The smallest absolute Gasteiger partial charge is 0.348 e. The lowest BCUT2D eigenvalue weighted by Crippen LogP contribution is -2.31. The summed E-state index contributed by atoms with van der Waals surface area (Å²) in [4.78, 5) is 36.6. The van der Waals surface area contributed by atoms with Gasteiger partial charge >= 0.3 is 5.97 Å². The van der Waals surface area contributed by atoms with Crippen LogP contribution in [0.15, 0.2) is 18.5 Å². The van der Waals surface area contributed by atoms with E-state index in [1.807, 2.05) is 39.8 Å². The number of anilines is 2. The molecule has 8 heteroatoms. The van der Waals surface area contributed by atoms with Crippen molar-refractivity contribution in [2.75, 3.05) is 30.4 Å². The van der Waals surface area contributed by atoms with Crippen LogP contribution in [0, 0.1) is 27.7 Å². The van der Waals surface area contributed by atoms with E-state index in [0.717, 1.165) is 33.3 Å². The topological polar surface area (TPSA) is 84.4 Å². The van der Waals surface area contributed by atoms with Crippen molar-refractivity contribution in [1.82, 2.24) is 9.97 Å². The molecule has 0 aliphatic carbocycles. The Morgan fingerprint density at radius 1 is 1.13 bits per heavy atom. The van der Waals surface area contributed by atoms with Crippen LogP contribution in [0.1, 0.15) is 38.8 Å². The van der Waals surface area contributed by atoms with Gasteiger partial charge in [-0.05, 0) is 51.3 Å². The number of carbonyl (C=O) groups excluding carboxylic acids is 2. The van der Waals surface area contributed by atoms with Crippen LogP contribution < -0.4 is 10.2 Å². The van der Waals surface area contributed by atoms with Gasteiger partial charge in [0.1, 0.15) is 21.9 Å². The third-order valence-corrected chi connectivity index (χ3v) is 6.03. The molecule has 0 saturated heterocycles. The van der Waals surface area contributed by atoms with E-state index in [-0.39, 0.29) is 18.4 Å². The minimum Gasteiger partial charge on any atom is -0.462 e. The monoisotopic (exact) mass is 426 g/mol. The molecule has 0 fully saturated rings. The van der Waals surface area contributed by atoms with Gasteiger partial charge in [-0.2, -0.15) is 0 Å². The number of benzene rings is 1. The first kappa shape index (κ1) is 21.7. The summed E-state index contributed by atoms with van der Waals surface area (Å²) in [5.74, 6) is 0.101. The highest BCUT2D eigenvalue weighted by molar-refractivity contribution is 7.20. The van der Waals surface area contributed by atoms with Crippen LogP contribution in [-0.2, 0) is 9.53 Å². The molecule has 3 aromatic rings. The zero-order valence-electron chi connectivity index (χ0n) is 18.1. The van der Waals surface area contributed by atoms with E-state index < -0.39 is 0 Å². The van der Waals surface area contributed by atoms with E-state index in [0.29, 0.717) is 22.1 Å². The number of carbonyl (C=O) groups is 2. The third-order valence-electron chi connectivity index (χ3n) is 4.85. The molecule has 0 bridgehead atoms. The Balaban J connectivity index is 1.86. The Hall–Kier alpha value is -3.00. The molecule has 2 heterocycles. The molecule has 1 amide bonds. The summed E-state index contributed by atoms with van der Waals surface area (Å²) >= 11 is 1.28. The highest BCUT2D eigenvalue weighted by Gasteiger charge is 2.22. The number of amides is 1. The van der Waals surface area contributed by atoms with Crippen molar-refractivity contribution in [2.45, 2.75) is 34.6 Å². The first-order valence-electron chi connectivity index (χ1n) is 9.73. The Labute approximate surface area is 180 Å². The van der Waals surface area contributed by atoms with Crippen LogP contribution in [0.3, 0.4) is 0 Å². The van der Waals surface area contributed by atoms with Crippen molar-refractivity contribution in [1.29, 1.82) is 0 Å². The number of ether oxygens (including phenoxy) is 1. The lowest BCUT2D eigenvalue weighted by molar-refractivity contribution is -0.114. The first-order chi connectivity index (χ1) is 14.2. The second-order valence-corrected chi connectivity index (χ2v) is 8.33. The Bertz CT molecular complexity index is 1100. The minimum atomic E-state index is -0.366.